The van der Waals surface area contributed by atoms with Gasteiger partial charge in [0.2, 0.25) is 5.95 Å². The topological polar surface area (TPSA) is 38.9 Å². The number of rotatable bonds is 3. The third-order valence-corrected chi connectivity index (χ3v) is 3.27. The molecule has 0 saturated heterocycles. The molecule has 0 spiro atoms. The van der Waals surface area contributed by atoms with Crippen LogP contribution in [0.1, 0.15) is 31.2 Å². The van der Waals surface area contributed by atoms with E-state index in [9.17, 15) is 4.39 Å². The maximum absolute atomic E-state index is 12.6. The number of hydrogen-bond acceptors (Lipinski definition) is 2. The molecule has 3 heteroatoms. The molecule has 1 aromatic heterocycles. The van der Waals surface area contributed by atoms with Gasteiger partial charge < -0.3 is 5.73 Å². The van der Waals surface area contributed by atoms with Gasteiger partial charge in [-0.3, -0.25) is 0 Å². The Morgan fingerprint density at radius 2 is 2.21 bits per heavy atom. The van der Waals surface area contributed by atoms with Crippen molar-refractivity contribution < 1.29 is 4.39 Å². The van der Waals surface area contributed by atoms with Crippen molar-refractivity contribution in [1.82, 2.24) is 4.98 Å². The van der Waals surface area contributed by atoms with Crippen LogP contribution in [0.4, 0.5) is 4.39 Å². The van der Waals surface area contributed by atoms with Crippen molar-refractivity contribution >= 4 is 0 Å². The molecule has 0 amide bonds. The molecule has 1 aromatic rings. The molecular weight excluding hydrogens is 179 g/mol. The van der Waals surface area contributed by atoms with Gasteiger partial charge in [0.25, 0.3) is 0 Å². The summed E-state index contributed by atoms with van der Waals surface area (Å²) in [6, 6.07) is 3.28. The number of nitrogens with zero attached hydrogens (tertiary/aromatic N) is 1. The molecule has 0 aromatic carbocycles. The van der Waals surface area contributed by atoms with Crippen molar-refractivity contribution in [2.75, 3.05) is 6.54 Å². The summed E-state index contributed by atoms with van der Waals surface area (Å²) >= 11 is 0. The molecular formula is C11H15FN2. The van der Waals surface area contributed by atoms with E-state index < -0.39 is 5.95 Å². The van der Waals surface area contributed by atoms with Gasteiger partial charge >= 0.3 is 0 Å². The van der Waals surface area contributed by atoms with Crippen LogP contribution in [0, 0.1) is 5.95 Å². The predicted molar refractivity (Wildman–Crippen MR) is 53.4 cm³/mol. The fraction of sp³-hybridized carbons (Fsp3) is 0.545. The van der Waals surface area contributed by atoms with Gasteiger partial charge in [0, 0.05) is 6.20 Å². The lowest BCUT2D eigenvalue weighted by atomic mass is 9.63. The Balaban J connectivity index is 2.23. The second-order valence-electron chi connectivity index (χ2n) is 4.04. The Morgan fingerprint density at radius 3 is 2.64 bits per heavy atom. The molecule has 1 saturated carbocycles. The number of pyridine rings is 1. The summed E-state index contributed by atoms with van der Waals surface area (Å²) in [6.45, 7) is 0.692. The minimum Gasteiger partial charge on any atom is -0.330 e. The van der Waals surface area contributed by atoms with Crippen molar-refractivity contribution in [2.45, 2.75) is 31.1 Å². The first-order valence-corrected chi connectivity index (χ1v) is 5.09. The molecule has 1 heterocycles. The van der Waals surface area contributed by atoms with Crippen LogP contribution >= 0.6 is 0 Å². The van der Waals surface area contributed by atoms with Crippen LogP contribution < -0.4 is 5.73 Å². The van der Waals surface area contributed by atoms with E-state index in [2.05, 4.69) is 4.98 Å². The Labute approximate surface area is 83.3 Å². The molecule has 76 valence electrons. The zero-order valence-electron chi connectivity index (χ0n) is 8.17. The minimum absolute atomic E-state index is 0.204. The van der Waals surface area contributed by atoms with E-state index in [0.717, 1.165) is 24.8 Å². The molecule has 0 atom stereocenters. The highest BCUT2D eigenvalue weighted by Crippen LogP contribution is 2.45. The van der Waals surface area contributed by atoms with Crippen LogP contribution in [-0.4, -0.2) is 11.5 Å². The predicted octanol–water partition coefficient (Wildman–Crippen LogP) is 1.99. The first-order valence-electron chi connectivity index (χ1n) is 5.09. The van der Waals surface area contributed by atoms with E-state index in [4.69, 9.17) is 5.73 Å². The normalized spacial score (nSPS) is 19.0. The van der Waals surface area contributed by atoms with Crippen molar-refractivity contribution in [3.05, 3.63) is 29.8 Å². The Morgan fingerprint density at radius 1 is 1.43 bits per heavy atom. The van der Waals surface area contributed by atoms with Gasteiger partial charge in [-0.1, -0.05) is 12.5 Å². The number of hydrogen-bond donors (Lipinski definition) is 1. The maximum Gasteiger partial charge on any atom is 0.212 e. The third-order valence-electron chi connectivity index (χ3n) is 3.27. The van der Waals surface area contributed by atoms with Gasteiger partial charge in [-0.2, -0.15) is 4.39 Å². The molecule has 0 aliphatic heterocycles. The summed E-state index contributed by atoms with van der Waals surface area (Å²) in [6.07, 6.45) is 6.22. The zero-order chi connectivity index (χ0) is 10.0. The van der Waals surface area contributed by atoms with Crippen LogP contribution in [0.15, 0.2) is 18.3 Å². The van der Waals surface area contributed by atoms with Gasteiger partial charge in [-0.05, 0) is 42.9 Å². The Hall–Kier alpha value is -0.960. The van der Waals surface area contributed by atoms with E-state index in [1.54, 1.807) is 6.20 Å². The van der Waals surface area contributed by atoms with Crippen LogP contribution in [0.25, 0.3) is 0 Å². The smallest absolute Gasteiger partial charge is 0.212 e. The summed E-state index contributed by atoms with van der Waals surface area (Å²) in [4.78, 5) is 3.70. The van der Waals surface area contributed by atoms with Gasteiger partial charge in [0.1, 0.15) is 0 Å². The van der Waals surface area contributed by atoms with E-state index in [1.807, 2.05) is 6.07 Å². The minimum atomic E-state index is -0.407. The standard InChI is InChI=1S/C11H15FN2/c12-10-3-2-9(8-14-10)11(6-7-13)4-1-5-11/h2-3,8H,1,4-7,13H2. The first kappa shape index (κ1) is 9.59. The molecule has 0 bridgehead atoms. The van der Waals surface area contributed by atoms with Gasteiger partial charge in [0.05, 0.1) is 0 Å². The largest absolute Gasteiger partial charge is 0.330 e. The molecule has 2 N–H and O–H groups in total. The summed E-state index contributed by atoms with van der Waals surface area (Å²) in [5.41, 5.74) is 6.95. The summed E-state index contributed by atoms with van der Waals surface area (Å²) in [7, 11) is 0. The van der Waals surface area contributed by atoms with Crippen LogP contribution in [0.3, 0.4) is 0 Å². The second-order valence-corrected chi connectivity index (χ2v) is 4.04. The lowest BCUT2D eigenvalue weighted by Gasteiger charge is -2.42. The van der Waals surface area contributed by atoms with Crippen molar-refractivity contribution in [3.63, 3.8) is 0 Å². The van der Waals surface area contributed by atoms with Gasteiger partial charge in [0.15, 0.2) is 0 Å². The van der Waals surface area contributed by atoms with Crippen LogP contribution in [0.2, 0.25) is 0 Å². The van der Waals surface area contributed by atoms with E-state index >= 15 is 0 Å². The molecule has 0 radical (unpaired) electrons. The van der Waals surface area contributed by atoms with Gasteiger partial charge in [-0.15, -0.1) is 0 Å². The number of aromatic nitrogens is 1. The van der Waals surface area contributed by atoms with Crippen molar-refractivity contribution in [1.29, 1.82) is 0 Å². The third kappa shape index (κ3) is 1.52. The number of nitrogens with two attached hydrogens (primary N) is 1. The lowest BCUT2D eigenvalue weighted by Crippen LogP contribution is -2.36. The monoisotopic (exact) mass is 194 g/mol. The molecule has 1 aliphatic carbocycles. The van der Waals surface area contributed by atoms with Crippen molar-refractivity contribution in [2.24, 2.45) is 5.73 Å². The van der Waals surface area contributed by atoms with E-state index in [0.29, 0.717) is 6.54 Å². The van der Waals surface area contributed by atoms with Crippen LogP contribution in [-0.2, 0) is 5.41 Å². The highest BCUT2D eigenvalue weighted by molar-refractivity contribution is 5.25. The molecule has 1 aliphatic rings. The Kier molecular flexibility index (Phi) is 2.50. The van der Waals surface area contributed by atoms with Crippen LogP contribution in [0.5, 0.6) is 0 Å². The maximum atomic E-state index is 12.6. The highest BCUT2D eigenvalue weighted by atomic mass is 19.1. The fourth-order valence-corrected chi connectivity index (χ4v) is 2.25. The summed E-state index contributed by atoms with van der Waals surface area (Å²) < 4.78 is 12.6. The molecule has 14 heavy (non-hydrogen) atoms. The first-order chi connectivity index (χ1) is 6.77. The fourth-order valence-electron chi connectivity index (χ4n) is 2.25. The molecule has 2 nitrogen and oxygen atoms in total. The molecule has 2 rings (SSSR count). The second kappa shape index (κ2) is 3.65. The summed E-state index contributed by atoms with van der Waals surface area (Å²) in [5, 5.41) is 0. The average Bonchev–Trinajstić information content (AvgIpc) is 2.13. The average molecular weight is 194 g/mol. The van der Waals surface area contributed by atoms with Gasteiger partial charge in [-0.25, -0.2) is 4.98 Å². The zero-order valence-corrected chi connectivity index (χ0v) is 8.17. The Bertz CT molecular complexity index is 304. The number of halogens is 1. The van der Waals surface area contributed by atoms with E-state index in [-0.39, 0.29) is 5.41 Å². The summed E-state index contributed by atoms with van der Waals surface area (Å²) in [5.74, 6) is -0.407. The SMILES string of the molecule is NCCC1(c2ccc(F)nc2)CCC1. The van der Waals surface area contributed by atoms with Crippen molar-refractivity contribution in [3.8, 4) is 0 Å². The van der Waals surface area contributed by atoms with E-state index in [1.165, 1.54) is 12.5 Å². The quantitative estimate of drug-likeness (QED) is 0.747. The highest BCUT2D eigenvalue weighted by Gasteiger charge is 2.37. The molecule has 1 fully saturated rings. The lowest BCUT2D eigenvalue weighted by molar-refractivity contribution is 0.228. The molecule has 0 unspecified atom stereocenters.